The average molecular weight is 398 g/mol. The van der Waals surface area contributed by atoms with E-state index in [1.807, 2.05) is 24.3 Å². The van der Waals surface area contributed by atoms with Crippen molar-refractivity contribution in [2.75, 3.05) is 23.9 Å². The van der Waals surface area contributed by atoms with Crippen molar-refractivity contribution in [2.45, 2.75) is 13.1 Å². The second-order valence-electron chi connectivity index (χ2n) is 7.32. The number of ether oxygens (including phenoxy) is 1. The number of hydrogen-bond acceptors (Lipinski definition) is 4. The van der Waals surface area contributed by atoms with Crippen LogP contribution in [0.15, 0.2) is 72.8 Å². The smallest absolute Gasteiger partial charge is 0.255 e. The molecule has 30 heavy (non-hydrogen) atoms. The molecule has 0 atom stereocenters. The lowest BCUT2D eigenvalue weighted by atomic mass is 10.2. The molecule has 1 aliphatic rings. The van der Waals surface area contributed by atoms with Crippen molar-refractivity contribution in [3.05, 3.63) is 84.2 Å². The highest BCUT2D eigenvalue weighted by molar-refractivity contribution is 6.05. The predicted molar refractivity (Wildman–Crippen MR) is 118 cm³/mol. The zero-order valence-corrected chi connectivity index (χ0v) is 16.7. The Morgan fingerprint density at radius 2 is 1.80 bits per heavy atom. The van der Waals surface area contributed by atoms with E-state index in [0.717, 1.165) is 47.9 Å². The van der Waals surface area contributed by atoms with Crippen molar-refractivity contribution in [1.82, 2.24) is 9.55 Å². The summed E-state index contributed by atoms with van der Waals surface area (Å²) in [4.78, 5) is 19.7. The molecule has 0 saturated heterocycles. The van der Waals surface area contributed by atoms with Gasteiger partial charge in [-0.15, -0.1) is 0 Å². The van der Waals surface area contributed by atoms with Crippen molar-refractivity contribution in [3.8, 4) is 5.75 Å². The molecular formula is C24H22N4O2. The van der Waals surface area contributed by atoms with Gasteiger partial charge < -0.3 is 19.5 Å². The zero-order valence-electron chi connectivity index (χ0n) is 16.7. The molecule has 1 aromatic heterocycles. The van der Waals surface area contributed by atoms with Crippen molar-refractivity contribution in [3.63, 3.8) is 0 Å². The van der Waals surface area contributed by atoms with Crippen LogP contribution in [0.1, 0.15) is 16.2 Å². The highest BCUT2D eigenvalue weighted by atomic mass is 16.5. The molecule has 0 spiro atoms. The quantitative estimate of drug-likeness (QED) is 0.556. The number of benzene rings is 3. The Hall–Kier alpha value is -3.80. The number of methoxy groups -OCH3 is 1. The summed E-state index contributed by atoms with van der Waals surface area (Å²) in [6.07, 6.45) is 0. The van der Waals surface area contributed by atoms with E-state index >= 15 is 0 Å². The van der Waals surface area contributed by atoms with Crippen LogP contribution in [0, 0.1) is 0 Å². The third-order valence-corrected chi connectivity index (χ3v) is 5.48. The monoisotopic (exact) mass is 398 g/mol. The van der Waals surface area contributed by atoms with E-state index in [1.165, 1.54) is 5.69 Å². The van der Waals surface area contributed by atoms with Crippen LogP contribution in [0.25, 0.3) is 11.0 Å². The second-order valence-corrected chi connectivity index (χ2v) is 7.32. The van der Waals surface area contributed by atoms with E-state index in [2.05, 4.69) is 39.0 Å². The van der Waals surface area contributed by atoms with Crippen LogP contribution >= 0.6 is 0 Å². The lowest BCUT2D eigenvalue weighted by molar-refractivity contribution is 0.102. The number of hydrogen-bond donors (Lipinski definition) is 1. The molecule has 2 heterocycles. The molecule has 1 amide bonds. The highest BCUT2D eigenvalue weighted by Gasteiger charge is 2.20. The Bertz CT molecular complexity index is 1200. The summed E-state index contributed by atoms with van der Waals surface area (Å²) < 4.78 is 7.41. The zero-order chi connectivity index (χ0) is 20.5. The molecule has 150 valence electrons. The molecule has 0 saturated carbocycles. The number of fused-ring (bicyclic) bond motifs is 3. The van der Waals surface area contributed by atoms with Gasteiger partial charge >= 0.3 is 0 Å². The van der Waals surface area contributed by atoms with Gasteiger partial charge in [-0.3, -0.25) is 4.79 Å². The van der Waals surface area contributed by atoms with Crippen molar-refractivity contribution >= 4 is 28.3 Å². The van der Waals surface area contributed by atoms with Crippen LogP contribution in [0.4, 0.5) is 11.4 Å². The Morgan fingerprint density at radius 3 is 2.57 bits per heavy atom. The van der Waals surface area contributed by atoms with Gasteiger partial charge in [0.25, 0.3) is 5.91 Å². The van der Waals surface area contributed by atoms with E-state index in [4.69, 9.17) is 9.72 Å². The second kappa shape index (κ2) is 7.55. The van der Waals surface area contributed by atoms with Gasteiger partial charge in [0.15, 0.2) is 0 Å². The molecule has 0 fully saturated rings. The summed E-state index contributed by atoms with van der Waals surface area (Å²) >= 11 is 0. The standard InChI is InChI=1S/C24H22N4O2/c1-30-20-10-7-17(8-11-20)24(29)25-18-9-12-22-21(15-18)26-23-16-27(13-14-28(22)23)19-5-3-2-4-6-19/h2-12,15H,13-14,16H2,1H3,(H,25,29). The summed E-state index contributed by atoms with van der Waals surface area (Å²) in [6.45, 7) is 2.60. The topological polar surface area (TPSA) is 59.4 Å². The Morgan fingerprint density at radius 1 is 1.00 bits per heavy atom. The fourth-order valence-electron chi connectivity index (χ4n) is 3.90. The van der Waals surface area contributed by atoms with Gasteiger partial charge in [0.2, 0.25) is 0 Å². The minimum absolute atomic E-state index is 0.156. The molecule has 6 heteroatoms. The average Bonchev–Trinajstić information content (AvgIpc) is 3.16. The van der Waals surface area contributed by atoms with E-state index in [1.54, 1.807) is 31.4 Å². The minimum Gasteiger partial charge on any atom is -0.497 e. The summed E-state index contributed by atoms with van der Waals surface area (Å²) in [6, 6.07) is 23.4. The first-order chi connectivity index (χ1) is 14.7. The van der Waals surface area contributed by atoms with Crippen molar-refractivity contribution < 1.29 is 9.53 Å². The van der Waals surface area contributed by atoms with Crippen molar-refractivity contribution in [2.24, 2.45) is 0 Å². The largest absolute Gasteiger partial charge is 0.497 e. The maximum atomic E-state index is 12.6. The van der Waals surface area contributed by atoms with Crippen LogP contribution in [0.3, 0.4) is 0 Å². The third-order valence-electron chi connectivity index (χ3n) is 5.48. The fraction of sp³-hybridized carbons (Fsp3) is 0.167. The van der Waals surface area contributed by atoms with Gasteiger partial charge in [-0.25, -0.2) is 4.98 Å². The summed E-state index contributed by atoms with van der Waals surface area (Å²) in [7, 11) is 1.61. The molecule has 5 rings (SSSR count). The fourth-order valence-corrected chi connectivity index (χ4v) is 3.90. The molecule has 0 aliphatic carbocycles. The van der Waals surface area contributed by atoms with Gasteiger partial charge in [-0.1, -0.05) is 18.2 Å². The molecular weight excluding hydrogens is 376 g/mol. The molecule has 1 N–H and O–H groups in total. The maximum Gasteiger partial charge on any atom is 0.255 e. The molecule has 1 aliphatic heterocycles. The number of carbonyl (C=O) groups is 1. The normalized spacial score (nSPS) is 13.2. The van der Waals surface area contributed by atoms with Crippen LogP contribution in [-0.4, -0.2) is 29.1 Å². The van der Waals surface area contributed by atoms with Crippen LogP contribution in [0.2, 0.25) is 0 Å². The van der Waals surface area contributed by atoms with Gasteiger partial charge in [0.1, 0.15) is 11.6 Å². The van der Waals surface area contributed by atoms with Crippen LogP contribution < -0.4 is 15.0 Å². The van der Waals surface area contributed by atoms with Crippen LogP contribution in [-0.2, 0) is 13.1 Å². The first kappa shape index (κ1) is 18.2. The molecule has 0 unspecified atom stereocenters. The Balaban J connectivity index is 1.37. The van der Waals surface area contributed by atoms with E-state index < -0.39 is 0 Å². The summed E-state index contributed by atoms with van der Waals surface area (Å²) in [5.74, 6) is 1.61. The number of para-hydroxylation sites is 1. The number of imidazole rings is 1. The third kappa shape index (κ3) is 3.37. The van der Waals surface area contributed by atoms with Crippen LogP contribution in [0.5, 0.6) is 5.75 Å². The molecule has 0 radical (unpaired) electrons. The van der Waals surface area contributed by atoms with Gasteiger partial charge in [-0.05, 0) is 54.6 Å². The summed E-state index contributed by atoms with van der Waals surface area (Å²) in [5.41, 5.74) is 4.52. The first-order valence-electron chi connectivity index (χ1n) is 9.96. The molecule has 3 aromatic carbocycles. The lowest BCUT2D eigenvalue weighted by Crippen LogP contribution is -2.33. The number of amides is 1. The highest BCUT2D eigenvalue weighted by Crippen LogP contribution is 2.26. The van der Waals surface area contributed by atoms with E-state index in [9.17, 15) is 4.79 Å². The number of aromatic nitrogens is 2. The molecule has 6 nitrogen and oxygen atoms in total. The summed E-state index contributed by atoms with van der Waals surface area (Å²) in [5, 5.41) is 2.96. The predicted octanol–water partition coefficient (Wildman–Crippen LogP) is 4.32. The Labute approximate surface area is 174 Å². The number of nitrogens with one attached hydrogen (secondary N) is 1. The number of rotatable bonds is 4. The number of anilines is 2. The maximum absolute atomic E-state index is 12.6. The van der Waals surface area contributed by atoms with Gasteiger partial charge in [-0.2, -0.15) is 0 Å². The number of carbonyl (C=O) groups excluding carboxylic acids is 1. The van der Waals surface area contributed by atoms with E-state index in [-0.39, 0.29) is 5.91 Å². The molecule has 4 aromatic rings. The lowest BCUT2D eigenvalue weighted by Gasteiger charge is -2.29. The SMILES string of the molecule is COc1ccc(C(=O)Nc2ccc3c(c2)nc2n3CCN(c3ccccc3)C2)cc1. The Kier molecular flexibility index (Phi) is 4.59. The van der Waals surface area contributed by atoms with E-state index in [0.29, 0.717) is 5.56 Å². The van der Waals surface area contributed by atoms with Crippen molar-refractivity contribution in [1.29, 1.82) is 0 Å². The molecule has 0 bridgehead atoms. The number of nitrogens with zero attached hydrogens (tertiary/aromatic N) is 3. The van der Waals surface area contributed by atoms with Gasteiger partial charge in [0, 0.05) is 30.0 Å². The minimum atomic E-state index is -0.156. The van der Waals surface area contributed by atoms with Gasteiger partial charge in [0.05, 0.1) is 24.7 Å². The first-order valence-corrected chi connectivity index (χ1v) is 9.96.